The van der Waals surface area contributed by atoms with Gasteiger partial charge in [0.1, 0.15) is 5.75 Å². The summed E-state index contributed by atoms with van der Waals surface area (Å²) in [5.74, 6) is 0.464. The molecule has 6 heteroatoms. The molecule has 0 spiro atoms. The van der Waals surface area contributed by atoms with E-state index >= 15 is 0 Å². The molecule has 2 rings (SSSR count). The number of alkyl halides is 3. The van der Waals surface area contributed by atoms with Crippen LogP contribution in [0, 0.1) is 5.92 Å². The summed E-state index contributed by atoms with van der Waals surface area (Å²) >= 11 is 3.07. The first-order chi connectivity index (χ1) is 8.44. The minimum absolute atomic E-state index is 0.225. The highest BCUT2D eigenvalue weighted by molar-refractivity contribution is 9.10. The topological polar surface area (TPSA) is 21.3 Å². The normalized spacial score (nSPS) is 16.2. The molecule has 1 aromatic carbocycles. The molecule has 0 heterocycles. The van der Waals surface area contributed by atoms with Crippen molar-refractivity contribution in [2.24, 2.45) is 5.92 Å². The van der Waals surface area contributed by atoms with E-state index in [4.69, 9.17) is 0 Å². The van der Waals surface area contributed by atoms with Gasteiger partial charge in [-0.1, -0.05) is 6.42 Å². The summed E-state index contributed by atoms with van der Waals surface area (Å²) in [5.41, 5.74) is 0.795. The van der Waals surface area contributed by atoms with Crippen LogP contribution in [0.25, 0.3) is 0 Å². The third-order valence-electron chi connectivity index (χ3n) is 2.98. The highest BCUT2D eigenvalue weighted by atomic mass is 79.9. The predicted molar refractivity (Wildman–Crippen MR) is 66.7 cm³/mol. The summed E-state index contributed by atoms with van der Waals surface area (Å²) in [4.78, 5) is 0. The zero-order valence-corrected chi connectivity index (χ0v) is 11.1. The maximum absolute atomic E-state index is 12.1. The second-order valence-electron chi connectivity index (χ2n) is 4.37. The molecule has 0 aliphatic heterocycles. The maximum atomic E-state index is 12.1. The van der Waals surface area contributed by atoms with Crippen molar-refractivity contribution in [1.29, 1.82) is 0 Å². The summed E-state index contributed by atoms with van der Waals surface area (Å²) in [6.45, 7) is 0.867. The van der Waals surface area contributed by atoms with E-state index in [0.29, 0.717) is 10.4 Å². The van der Waals surface area contributed by atoms with Crippen LogP contribution in [0.4, 0.5) is 18.9 Å². The SMILES string of the molecule is FC(F)(F)Oc1ccc(NCC2CCC2)cc1Br. The molecular weight excluding hydrogens is 311 g/mol. The first kappa shape index (κ1) is 13.5. The number of hydrogen-bond acceptors (Lipinski definition) is 2. The van der Waals surface area contributed by atoms with E-state index in [1.54, 1.807) is 12.1 Å². The van der Waals surface area contributed by atoms with Crippen LogP contribution in [-0.2, 0) is 0 Å². The Bertz CT molecular complexity index is 418. The van der Waals surface area contributed by atoms with E-state index in [2.05, 4.69) is 26.0 Å². The lowest BCUT2D eigenvalue weighted by Gasteiger charge is -2.26. The molecule has 0 saturated heterocycles. The fraction of sp³-hybridized carbons (Fsp3) is 0.500. The van der Waals surface area contributed by atoms with Gasteiger partial charge in [-0.15, -0.1) is 13.2 Å². The highest BCUT2D eigenvalue weighted by Gasteiger charge is 2.31. The third kappa shape index (κ3) is 3.80. The number of ether oxygens (including phenoxy) is 1. The zero-order chi connectivity index (χ0) is 13.2. The van der Waals surface area contributed by atoms with Gasteiger partial charge < -0.3 is 10.1 Å². The number of nitrogens with one attached hydrogen (secondary N) is 1. The van der Waals surface area contributed by atoms with Crippen LogP contribution in [0.2, 0.25) is 0 Å². The van der Waals surface area contributed by atoms with Crippen LogP contribution < -0.4 is 10.1 Å². The molecule has 1 aliphatic rings. The van der Waals surface area contributed by atoms with Crippen molar-refractivity contribution < 1.29 is 17.9 Å². The molecule has 0 aromatic heterocycles. The van der Waals surface area contributed by atoms with Crippen LogP contribution in [0.15, 0.2) is 22.7 Å². The molecule has 1 fully saturated rings. The molecule has 1 aromatic rings. The summed E-state index contributed by atoms with van der Waals surface area (Å²) in [5, 5.41) is 3.21. The van der Waals surface area contributed by atoms with Gasteiger partial charge in [0.25, 0.3) is 0 Å². The molecule has 0 radical (unpaired) electrons. The molecule has 1 saturated carbocycles. The summed E-state index contributed by atoms with van der Waals surface area (Å²) in [6.07, 6.45) is -0.940. The molecule has 0 unspecified atom stereocenters. The van der Waals surface area contributed by atoms with Gasteiger partial charge in [0, 0.05) is 12.2 Å². The van der Waals surface area contributed by atoms with Gasteiger partial charge in [-0.3, -0.25) is 0 Å². The quantitative estimate of drug-likeness (QED) is 0.877. The Morgan fingerprint density at radius 2 is 2.06 bits per heavy atom. The third-order valence-corrected chi connectivity index (χ3v) is 3.60. The molecule has 100 valence electrons. The van der Waals surface area contributed by atoms with Crippen molar-refractivity contribution in [3.05, 3.63) is 22.7 Å². The first-order valence-electron chi connectivity index (χ1n) is 5.73. The van der Waals surface area contributed by atoms with Crippen molar-refractivity contribution in [2.75, 3.05) is 11.9 Å². The average molecular weight is 324 g/mol. The first-order valence-corrected chi connectivity index (χ1v) is 6.52. The van der Waals surface area contributed by atoms with Gasteiger partial charge in [-0.2, -0.15) is 0 Å². The Kier molecular flexibility index (Phi) is 4.04. The van der Waals surface area contributed by atoms with E-state index < -0.39 is 6.36 Å². The number of anilines is 1. The molecule has 0 atom stereocenters. The smallest absolute Gasteiger partial charge is 0.405 e. The van der Waals surface area contributed by atoms with E-state index in [9.17, 15) is 13.2 Å². The minimum atomic E-state index is -4.66. The molecule has 1 N–H and O–H groups in total. The molecule has 0 amide bonds. The van der Waals surface area contributed by atoms with Crippen molar-refractivity contribution in [3.8, 4) is 5.75 Å². The summed E-state index contributed by atoms with van der Waals surface area (Å²) in [7, 11) is 0. The molecule has 18 heavy (non-hydrogen) atoms. The van der Waals surface area contributed by atoms with Crippen molar-refractivity contribution in [3.63, 3.8) is 0 Å². The Balaban J connectivity index is 1.95. The molecule has 2 nitrogen and oxygen atoms in total. The molecule has 0 bridgehead atoms. The number of halogens is 4. The van der Waals surface area contributed by atoms with Gasteiger partial charge in [-0.25, -0.2) is 0 Å². The second kappa shape index (κ2) is 5.38. The lowest BCUT2D eigenvalue weighted by molar-refractivity contribution is -0.274. The van der Waals surface area contributed by atoms with Gasteiger partial charge in [0.2, 0.25) is 0 Å². The van der Waals surface area contributed by atoms with Gasteiger partial charge >= 0.3 is 6.36 Å². The lowest BCUT2D eigenvalue weighted by Crippen LogP contribution is -2.21. The van der Waals surface area contributed by atoms with Crippen LogP contribution in [-0.4, -0.2) is 12.9 Å². The van der Waals surface area contributed by atoms with Crippen molar-refractivity contribution in [2.45, 2.75) is 25.6 Å². The summed E-state index contributed by atoms with van der Waals surface area (Å²) in [6, 6.07) is 4.49. The van der Waals surface area contributed by atoms with E-state index in [1.807, 2.05) is 0 Å². The minimum Gasteiger partial charge on any atom is -0.405 e. The zero-order valence-electron chi connectivity index (χ0n) is 9.56. The average Bonchev–Trinajstić information content (AvgIpc) is 2.18. The van der Waals surface area contributed by atoms with Gasteiger partial charge in [0.15, 0.2) is 0 Å². The number of rotatable bonds is 4. The standard InChI is InChI=1S/C12H13BrF3NO/c13-10-6-9(17-7-8-2-1-3-8)4-5-11(10)18-12(14,15)16/h4-6,8,17H,1-3,7H2. The Labute approximate surface area is 112 Å². The van der Waals surface area contributed by atoms with Gasteiger partial charge in [0.05, 0.1) is 4.47 Å². The predicted octanol–water partition coefficient (Wildman–Crippen LogP) is 4.56. The fourth-order valence-electron chi connectivity index (χ4n) is 1.78. The monoisotopic (exact) mass is 323 g/mol. The molecular formula is C12H13BrF3NO. The maximum Gasteiger partial charge on any atom is 0.573 e. The Hall–Kier alpha value is -0.910. The van der Waals surface area contributed by atoms with Crippen LogP contribution >= 0.6 is 15.9 Å². The van der Waals surface area contributed by atoms with Crippen LogP contribution in [0.5, 0.6) is 5.75 Å². The van der Waals surface area contributed by atoms with E-state index in [-0.39, 0.29) is 5.75 Å². The second-order valence-corrected chi connectivity index (χ2v) is 5.23. The number of benzene rings is 1. The van der Waals surface area contributed by atoms with Gasteiger partial charge in [-0.05, 0) is 52.9 Å². The van der Waals surface area contributed by atoms with Crippen molar-refractivity contribution in [1.82, 2.24) is 0 Å². The van der Waals surface area contributed by atoms with Crippen LogP contribution in [0.3, 0.4) is 0 Å². The molecule has 1 aliphatic carbocycles. The largest absolute Gasteiger partial charge is 0.573 e. The van der Waals surface area contributed by atoms with Crippen LogP contribution in [0.1, 0.15) is 19.3 Å². The Morgan fingerprint density at radius 3 is 2.56 bits per heavy atom. The van der Waals surface area contributed by atoms with E-state index in [1.165, 1.54) is 25.3 Å². The van der Waals surface area contributed by atoms with E-state index in [0.717, 1.165) is 12.2 Å². The number of hydrogen-bond donors (Lipinski definition) is 1. The highest BCUT2D eigenvalue weighted by Crippen LogP contribution is 2.33. The lowest BCUT2D eigenvalue weighted by atomic mass is 9.85. The Morgan fingerprint density at radius 1 is 1.33 bits per heavy atom. The fourth-order valence-corrected chi connectivity index (χ4v) is 2.24. The summed E-state index contributed by atoms with van der Waals surface area (Å²) < 4.78 is 40.4. The van der Waals surface area contributed by atoms with Crippen molar-refractivity contribution >= 4 is 21.6 Å².